The Balaban J connectivity index is 2.99. The highest BCUT2D eigenvalue weighted by Crippen LogP contribution is 2.22. The molecule has 0 heterocycles. The monoisotopic (exact) mass is 278 g/mol. The Morgan fingerprint density at radius 2 is 1.82 bits per heavy atom. The Morgan fingerprint density at radius 1 is 1.27 bits per heavy atom. The van der Waals surface area contributed by atoms with Crippen LogP contribution in [0.15, 0.2) is 29.3 Å². The minimum absolute atomic E-state index is 0.219. The Bertz CT molecular complexity index is 264. The molecule has 11 heavy (non-hydrogen) atoms. The normalized spacial score (nSPS) is 11.7. The summed E-state index contributed by atoms with van der Waals surface area (Å²) in [4.78, 5) is 1.74. The first-order valence-electron chi connectivity index (χ1n) is 2.96. The molecule has 3 heteroatoms. The summed E-state index contributed by atoms with van der Waals surface area (Å²) in [5.74, 6) is -0.219. The largest absolute Gasteiger partial charge is 0.207 e. The molecule has 0 aliphatic carbocycles. The van der Waals surface area contributed by atoms with Gasteiger partial charge in [0.1, 0.15) is 5.82 Å². The van der Waals surface area contributed by atoms with Gasteiger partial charge in [-0.25, -0.2) is 4.39 Å². The van der Waals surface area contributed by atoms with Crippen molar-refractivity contribution in [3.8, 4) is 0 Å². The third-order valence-corrected chi connectivity index (χ3v) is 2.97. The van der Waals surface area contributed by atoms with Crippen molar-refractivity contribution in [3.63, 3.8) is 0 Å². The van der Waals surface area contributed by atoms with Gasteiger partial charge in [0.25, 0.3) is 0 Å². The second-order valence-corrected chi connectivity index (χ2v) is 3.28. The second-order valence-electron chi connectivity index (χ2n) is 1.96. The number of rotatable bonds is 1. The summed E-state index contributed by atoms with van der Waals surface area (Å²) < 4.78 is 13.3. The molecule has 1 aromatic rings. The molecule has 0 fully saturated rings. The zero-order valence-electron chi connectivity index (χ0n) is 5.52. The molecule has 0 saturated carbocycles. The fraction of sp³-hybridized carbons (Fsp3) is 0. The summed E-state index contributed by atoms with van der Waals surface area (Å²) in [6, 6.07) is 6.26. The Morgan fingerprint density at radius 3 is 2.27 bits per heavy atom. The van der Waals surface area contributed by atoms with Crippen molar-refractivity contribution in [1.29, 1.82) is 0 Å². The first-order chi connectivity index (χ1) is 5.24. The zero-order chi connectivity index (χ0) is 8.27. The molecule has 0 aliphatic rings. The zero-order valence-corrected chi connectivity index (χ0v) is 8.69. The van der Waals surface area contributed by atoms with E-state index in [-0.39, 0.29) is 5.82 Å². The van der Waals surface area contributed by atoms with Crippen LogP contribution in [-0.4, -0.2) is 0 Å². The highest BCUT2D eigenvalue weighted by atomic mass is 79.9. The molecular formula is C8H5Br2F. The van der Waals surface area contributed by atoms with E-state index in [0.717, 1.165) is 10.0 Å². The van der Waals surface area contributed by atoms with Crippen LogP contribution in [0.1, 0.15) is 5.56 Å². The molecule has 1 aromatic carbocycles. The molecule has 1 rings (SSSR count). The predicted molar refractivity (Wildman–Crippen MR) is 52.2 cm³/mol. The van der Waals surface area contributed by atoms with Crippen molar-refractivity contribution < 1.29 is 4.39 Å². The average Bonchev–Trinajstić information content (AvgIpc) is 2.05. The molecule has 0 aromatic heterocycles. The van der Waals surface area contributed by atoms with E-state index in [1.165, 1.54) is 12.1 Å². The molecule has 0 amide bonds. The maximum absolute atomic E-state index is 12.4. The summed E-state index contributed by atoms with van der Waals surface area (Å²) in [5.41, 5.74) is 0.947. The maximum atomic E-state index is 12.4. The van der Waals surface area contributed by atoms with Crippen LogP contribution < -0.4 is 0 Å². The molecule has 0 atom stereocenters. The van der Waals surface area contributed by atoms with Crippen molar-refractivity contribution in [2.75, 3.05) is 0 Å². The molecule has 0 saturated heterocycles. The van der Waals surface area contributed by atoms with Gasteiger partial charge in [-0.1, -0.05) is 28.1 Å². The van der Waals surface area contributed by atoms with Gasteiger partial charge in [0.15, 0.2) is 0 Å². The number of hydrogen-bond acceptors (Lipinski definition) is 0. The smallest absolute Gasteiger partial charge is 0.123 e. The summed E-state index contributed by atoms with van der Waals surface area (Å²) in [7, 11) is 0. The van der Waals surface area contributed by atoms with Crippen LogP contribution in [0, 0.1) is 5.82 Å². The lowest BCUT2D eigenvalue weighted by atomic mass is 10.2. The highest BCUT2D eigenvalue weighted by Gasteiger charge is 1.95. The van der Waals surface area contributed by atoms with Gasteiger partial charge >= 0.3 is 0 Å². The standard InChI is InChI=1S/C8H5Br2F/c9-5-8(10)6-1-3-7(11)4-2-6/h1-5H. The lowest BCUT2D eigenvalue weighted by molar-refractivity contribution is 0.628. The van der Waals surface area contributed by atoms with Gasteiger partial charge in [0.05, 0.1) is 0 Å². The van der Waals surface area contributed by atoms with E-state index >= 15 is 0 Å². The number of halogens is 3. The first kappa shape index (κ1) is 8.94. The highest BCUT2D eigenvalue weighted by molar-refractivity contribution is 9.16. The molecule has 0 N–H and O–H groups in total. The SMILES string of the molecule is Fc1ccc(C(Br)=CBr)cc1. The molecule has 0 bridgehead atoms. The molecular weight excluding hydrogens is 275 g/mol. The van der Waals surface area contributed by atoms with Crippen LogP contribution in [0.5, 0.6) is 0 Å². The molecule has 0 unspecified atom stereocenters. The van der Waals surface area contributed by atoms with Crippen molar-refractivity contribution in [2.45, 2.75) is 0 Å². The molecule has 0 radical (unpaired) electrons. The van der Waals surface area contributed by atoms with Crippen molar-refractivity contribution in [1.82, 2.24) is 0 Å². The fourth-order valence-corrected chi connectivity index (χ4v) is 1.20. The van der Waals surface area contributed by atoms with Crippen LogP contribution in [0.2, 0.25) is 0 Å². The van der Waals surface area contributed by atoms with Crippen LogP contribution in [0.3, 0.4) is 0 Å². The van der Waals surface area contributed by atoms with Gasteiger partial charge < -0.3 is 0 Å². The Hall–Kier alpha value is -0.150. The minimum Gasteiger partial charge on any atom is -0.207 e. The van der Waals surface area contributed by atoms with Crippen molar-refractivity contribution in [3.05, 3.63) is 40.6 Å². The maximum Gasteiger partial charge on any atom is 0.123 e. The van der Waals surface area contributed by atoms with Crippen LogP contribution >= 0.6 is 31.9 Å². The first-order valence-corrected chi connectivity index (χ1v) is 4.66. The quantitative estimate of drug-likeness (QED) is 0.731. The van der Waals surface area contributed by atoms with Crippen LogP contribution in [0.4, 0.5) is 4.39 Å². The van der Waals surface area contributed by atoms with Gasteiger partial charge in [-0.2, -0.15) is 0 Å². The fourth-order valence-electron chi connectivity index (χ4n) is 0.672. The Labute approximate surface area is 81.4 Å². The third-order valence-electron chi connectivity index (χ3n) is 1.22. The second kappa shape index (κ2) is 4.02. The number of benzene rings is 1. The van der Waals surface area contributed by atoms with Gasteiger partial charge in [-0.3, -0.25) is 0 Å². The third kappa shape index (κ3) is 2.42. The summed E-state index contributed by atoms with van der Waals surface area (Å²) in [6.07, 6.45) is 0. The molecule has 58 valence electrons. The van der Waals surface area contributed by atoms with E-state index in [1.807, 2.05) is 0 Å². The van der Waals surface area contributed by atoms with E-state index in [2.05, 4.69) is 31.9 Å². The predicted octanol–water partition coefficient (Wildman–Crippen LogP) is 3.91. The summed E-state index contributed by atoms with van der Waals surface area (Å²) in [6.45, 7) is 0. The van der Waals surface area contributed by atoms with Crippen LogP contribution in [0.25, 0.3) is 4.48 Å². The lowest BCUT2D eigenvalue weighted by Gasteiger charge is -1.96. The molecule has 0 aliphatic heterocycles. The van der Waals surface area contributed by atoms with Gasteiger partial charge in [0.2, 0.25) is 0 Å². The Kier molecular flexibility index (Phi) is 3.27. The lowest BCUT2D eigenvalue weighted by Crippen LogP contribution is -1.76. The van der Waals surface area contributed by atoms with E-state index < -0.39 is 0 Å². The van der Waals surface area contributed by atoms with Crippen molar-refractivity contribution >= 4 is 36.3 Å². The van der Waals surface area contributed by atoms with Crippen molar-refractivity contribution in [2.24, 2.45) is 0 Å². The molecule has 0 spiro atoms. The average molecular weight is 280 g/mol. The van der Waals surface area contributed by atoms with E-state index in [0.29, 0.717) is 0 Å². The van der Waals surface area contributed by atoms with E-state index in [1.54, 1.807) is 17.1 Å². The van der Waals surface area contributed by atoms with Gasteiger partial charge in [-0.15, -0.1) is 0 Å². The minimum atomic E-state index is -0.219. The topological polar surface area (TPSA) is 0 Å². The molecule has 0 nitrogen and oxygen atoms in total. The number of hydrogen-bond donors (Lipinski definition) is 0. The van der Waals surface area contributed by atoms with Crippen LogP contribution in [-0.2, 0) is 0 Å². The summed E-state index contributed by atoms with van der Waals surface area (Å²) >= 11 is 6.47. The van der Waals surface area contributed by atoms with Gasteiger partial charge in [0, 0.05) is 4.48 Å². The van der Waals surface area contributed by atoms with E-state index in [4.69, 9.17) is 0 Å². The van der Waals surface area contributed by atoms with Gasteiger partial charge in [-0.05, 0) is 38.6 Å². The van der Waals surface area contributed by atoms with E-state index in [9.17, 15) is 4.39 Å². The summed E-state index contributed by atoms with van der Waals surface area (Å²) in [5, 5.41) is 0.